The molecule has 9 heteroatoms. The second-order valence-electron chi connectivity index (χ2n) is 5.53. The Labute approximate surface area is 159 Å². The summed E-state index contributed by atoms with van der Waals surface area (Å²) in [5.74, 6) is -2.35. The van der Waals surface area contributed by atoms with E-state index in [1.807, 2.05) is 0 Å². The molecule has 7 nitrogen and oxygen atoms in total. The molecule has 0 aliphatic rings. The van der Waals surface area contributed by atoms with Crippen LogP contribution in [0.2, 0.25) is 0 Å². The standard InChI is InChI=1S/C19H15F2N5O2/c20-14-6-3-7-15(21)18(14)19(27)26-16-12-23-13(11-24-16)5-4-10-25-28-17-8-1-2-9-22-17/h1-3,6-12H,4-5H2,(H,24,26,27)/b25-10+. The maximum Gasteiger partial charge on any atom is 0.262 e. The molecule has 2 heterocycles. The van der Waals surface area contributed by atoms with E-state index in [1.54, 1.807) is 30.6 Å². The topological polar surface area (TPSA) is 89.4 Å². The number of nitrogens with zero attached hydrogens (tertiary/aromatic N) is 4. The molecule has 0 bridgehead atoms. The molecule has 1 N–H and O–H groups in total. The highest BCUT2D eigenvalue weighted by molar-refractivity contribution is 6.04. The van der Waals surface area contributed by atoms with Crippen LogP contribution >= 0.6 is 0 Å². The van der Waals surface area contributed by atoms with Crippen molar-refractivity contribution in [3.8, 4) is 5.88 Å². The Morgan fingerprint density at radius 3 is 2.57 bits per heavy atom. The van der Waals surface area contributed by atoms with Gasteiger partial charge in [0, 0.05) is 18.5 Å². The second kappa shape index (κ2) is 9.26. The Morgan fingerprint density at radius 1 is 1.07 bits per heavy atom. The van der Waals surface area contributed by atoms with Crippen LogP contribution < -0.4 is 10.2 Å². The molecule has 0 saturated carbocycles. The van der Waals surface area contributed by atoms with Gasteiger partial charge in [0.2, 0.25) is 5.88 Å². The summed E-state index contributed by atoms with van der Waals surface area (Å²) < 4.78 is 27.2. The van der Waals surface area contributed by atoms with Crippen LogP contribution in [0.5, 0.6) is 5.88 Å². The van der Waals surface area contributed by atoms with Crippen LogP contribution in [0.15, 0.2) is 60.1 Å². The molecule has 3 rings (SSSR count). The monoisotopic (exact) mass is 383 g/mol. The van der Waals surface area contributed by atoms with Crippen molar-refractivity contribution in [1.82, 2.24) is 15.0 Å². The quantitative estimate of drug-likeness (QED) is 0.499. The normalized spacial score (nSPS) is 10.8. The molecule has 142 valence electrons. The third-order valence-electron chi connectivity index (χ3n) is 3.52. The molecule has 0 spiro atoms. The first-order valence-corrected chi connectivity index (χ1v) is 8.29. The highest BCUT2D eigenvalue weighted by atomic mass is 19.1. The highest BCUT2D eigenvalue weighted by Crippen LogP contribution is 2.14. The molecule has 0 aliphatic heterocycles. The van der Waals surface area contributed by atoms with E-state index in [0.29, 0.717) is 24.4 Å². The number of aromatic nitrogens is 3. The van der Waals surface area contributed by atoms with Crippen molar-refractivity contribution in [3.05, 3.63) is 77.9 Å². The van der Waals surface area contributed by atoms with Gasteiger partial charge in [-0.3, -0.25) is 9.78 Å². The number of carbonyl (C=O) groups is 1. The van der Waals surface area contributed by atoms with Crippen molar-refractivity contribution in [2.24, 2.45) is 5.16 Å². The molecule has 0 saturated heterocycles. The number of nitrogens with one attached hydrogen (secondary N) is 1. The lowest BCUT2D eigenvalue weighted by Gasteiger charge is -2.06. The van der Waals surface area contributed by atoms with Gasteiger partial charge in [-0.25, -0.2) is 18.7 Å². The number of rotatable bonds is 7. The average molecular weight is 383 g/mol. The highest BCUT2D eigenvalue weighted by Gasteiger charge is 2.17. The predicted molar refractivity (Wildman–Crippen MR) is 98.0 cm³/mol. The number of hydrogen-bond donors (Lipinski definition) is 1. The second-order valence-corrected chi connectivity index (χ2v) is 5.53. The first kappa shape index (κ1) is 19.0. The van der Waals surface area contributed by atoms with E-state index >= 15 is 0 Å². The fraction of sp³-hybridized carbons (Fsp3) is 0.105. The summed E-state index contributed by atoms with van der Waals surface area (Å²) >= 11 is 0. The number of benzene rings is 1. The van der Waals surface area contributed by atoms with E-state index in [1.165, 1.54) is 18.5 Å². The van der Waals surface area contributed by atoms with Gasteiger partial charge in [0.15, 0.2) is 5.82 Å². The number of aryl methyl sites for hydroxylation is 1. The number of amides is 1. The van der Waals surface area contributed by atoms with Crippen LogP contribution in [0.1, 0.15) is 22.5 Å². The lowest BCUT2D eigenvalue weighted by atomic mass is 10.2. The fourth-order valence-electron chi connectivity index (χ4n) is 2.20. The van der Waals surface area contributed by atoms with Crippen LogP contribution in [-0.4, -0.2) is 27.1 Å². The van der Waals surface area contributed by atoms with Crippen molar-refractivity contribution in [2.45, 2.75) is 12.8 Å². The van der Waals surface area contributed by atoms with Crippen molar-refractivity contribution < 1.29 is 18.4 Å². The van der Waals surface area contributed by atoms with Gasteiger partial charge in [0.05, 0.1) is 18.1 Å². The maximum absolute atomic E-state index is 13.6. The predicted octanol–water partition coefficient (Wildman–Crippen LogP) is 3.40. The molecule has 0 atom stereocenters. The SMILES string of the molecule is O=C(Nc1cnc(CC/C=N/Oc2ccccn2)cn1)c1c(F)cccc1F. The van der Waals surface area contributed by atoms with Crippen LogP contribution in [0.4, 0.5) is 14.6 Å². The lowest BCUT2D eigenvalue weighted by Crippen LogP contribution is -2.17. The van der Waals surface area contributed by atoms with Gasteiger partial charge in [-0.2, -0.15) is 0 Å². The Hall–Kier alpha value is -3.75. The Morgan fingerprint density at radius 2 is 1.89 bits per heavy atom. The number of pyridine rings is 1. The summed E-state index contributed by atoms with van der Waals surface area (Å²) in [6.07, 6.45) is 7.04. The number of hydrogen-bond acceptors (Lipinski definition) is 6. The molecule has 0 fully saturated rings. The molecular weight excluding hydrogens is 368 g/mol. The van der Waals surface area contributed by atoms with E-state index in [9.17, 15) is 13.6 Å². The number of carbonyl (C=O) groups excluding carboxylic acids is 1. The van der Waals surface area contributed by atoms with Gasteiger partial charge in [0.1, 0.15) is 17.2 Å². The van der Waals surface area contributed by atoms with Crippen molar-refractivity contribution in [3.63, 3.8) is 0 Å². The number of oxime groups is 1. The van der Waals surface area contributed by atoms with Crippen LogP contribution in [-0.2, 0) is 6.42 Å². The minimum Gasteiger partial charge on any atom is -0.337 e. The summed E-state index contributed by atoms with van der Waals surface area (Å²) in [4.78, 5) is 29.2. The molecule has 0 radical (unpaired) electrons. The Bertz CT molecular complexity index is 946. The first-order chi connectivity index (χ1) is 13.6. The minimum atomic E-state index is -0.950. The van der Waals surface area contributed by atoms with Crippen molar-refractivity contribution >= 4 is 17.9 Å². The van der Waals surface area contributed by atoms with E-state index in [2.05, 4.69) is 25.4 Å². The van der Waals surface area contributed by atoms with E-state index < -0.39 is 23.1 Å². The Kier molecular flexibility index (Phi) is 6.29. The zero-order chi connectivity index (χ0) is 19.8. The van der Waals surface area contributed by atoms with E-state index in [-0.39, 0.29) is 5.82 Å². The Balaban J connectivity index is 1.50. The molecule has 0 unspecified atom stereocenters. The van der Waals surface area contributed by atoms with Gasteiger partial charge in [-0.1, -0.05) is 17.3 Å². The van der Waals surface area contributed by atoms with Crippen molar-refractivity contribution in [1.29, 1.82) is 0 Å². The first-order valence-electron chi connectivity index (χ1n) is 8.29. The van der Waals surface area contributed by atoms with Gasteiger partial charge >= 0.3 is 0 Å². The van der Waals surface area contributed by atoms with Crippen LogP contribution in [0.3, 0.4) is 0 Å². The molecule has 1 aromatic carbocycles. The molecule has 28 heavy (non-hydrogen) atoms. The smallest absolute Gasteiger partial charge is 0.262 e. The summed E-state index contributed by atoms with van der Waals surface area (Å²) in [5, 5.41) is 6.12. The summed E-state index contributed by atoms with van der Waals surface area (Å²) in [5.41, 5.74) is -0.0168. The van der Waals surface area contributed by atoms with Crippen LogP contribution in [0, 0.1) is 11.6 Å². The fourth-order valence-corrected chi connectivity index (χ4v) is 2.20. The maximum atomic E-state index is 13.6. The van der Waals surface area contributed by atoms with Crippen LogP contribution in [0.25, 0.3) is 0 Å². The van der Waals surface area contributed by atoms with E-state index in [0.717, 1.165) is 12.1 Å². The van der Waals surface area contributed by atoms with Gasteiger partial charge in [-0.15, -0.1) is 0 Å². The van der Waals surface area contributed by atoms with Gasteiger partial charge < -0.3 is 10.2 Å². The zero-order valence-electron chi connectivity index (χ0n) is 14.5. The summed E-state index contributed by atoms with van der Waals surface area (Å²) in [6, 6.07) is 8.43. The van der Waals surface area contributed by atoms with Gasteiger partial charge in [-0.05, 0) is 31.0 Å². The average Bonchev–Trinajstić information content (AvgIpc) is 2.70. The number of anilines is 1. The van der Waals surface area contributed by atoms with E-state index in [4.69, 9.17) is 4.84 Å². The molecule has 0 aliphatic carbocycles. The summed E-state index contributed by atoms with van der Waals surface area (Å²) in [6.45, 7) is 0. The van der Waals surface area contributed by atoms with Gasteiger partial charge in [0.25, 0.3) is 5.91 Å². The number of halogens is 2. The zero-order valence-corrected chi connectivity index (χ0v) is 14.5. The molecule has 1 amide bonds. The third kappa shape index (κ3) is 5.13. The third-order valence-corrected chi connectivity index (χ3v) is 3.52. The molecular formula is C19H15F2N5O2. The lowest BCUT2D eigenvalue weighted by molar-refractivity contribution is 0.101. The minimum absolute atomic E-state index is 0.0866. The van der Waals surface area contributed by atoms with Crippen molar-refractivity contribution in [2.75, 3.05) is 5.32 Å². The summed E-state index contributed by atoms with van der Waals surface area (Å²) in [7, 11) is 0. The molecule has 2 aromatic heterocycles. The largest absolute Gasteiger partial charge is 0.337 e. The molecule has 3 aromatic rings.